The molecule has 0 spiro atoms. The highest BCUT2D eigenvalue weighted by atomic mass is 32.2. The molecule has 0 aromatic rings. The minimum Gasteiger partial charge on any atom is -0.370 e. The Bertz CT molecular complexity index is 309. The quantitative estimate of drug-likeness (QED) is 0.365. The number of nitrogens with two attached hydrogens (primary N) is 1. The average molecular weight is 250 g/mol. The lowest BCUT2D eigenvalue weighted by molar-refractivity contribution is 0.458. The molecule has 0 aliphatic carbocycles. The molecule has 0 bridgehead atoms. The van der Waals surface area contributed by atoms with E-state index in [0.29, 0.717) is 25.5 Å². The molecule has 0 aromatic carbocycles. The molecule has 3 N–H and O–H groups in total. The number of nitrogens with one attached hydrogen (secondary N) is 1. The van der Waals surface area contributed by atoms with Gasteiger partial charge in [0.25, 0.3) is 0 Å². The van der Waals surface area contributed by atoms with Gasteiger partial charge >= 0.3 is 0 Å². The zero-order valence-corrected chi connectivity index (χ0v) is 11.0. The van der Waals surface area contributed by atoms with Gasteiger partial charge in [0.1, 0.15) is 0 Å². The molecule has 0 amide bonds. The van der Waals surface area contributed by atoms with Gasteiger partial charge in [0.2, 0.25) is 10.0 Å². The minimum atomic E-state index is -3.09. The van der Waals surface area contributed by atoms with Gasteiger partial charge in [-0.3, -0.25) is 4.99 Å². The van der Waals surface area contributed by atoms with E-state index in [2.05, 4.69) is 9.71 Å². The third kappa shape index (κ3) is 7.47. The van der Waals surface area contributed by atoms with Gasteiger partial charge in [-0.2, -0.15) is 0 Å². The summed E-state index contributed by atoms with van der Waals surface area (Å²) in [6.07, 6.45) is 1.79. The van der Waals surface area contributed by atoms with E-state index < -0.39 is 10.0 Å². The lowest BCUT2D eigenvalue weighted by atomic mass is 10.4. The number of hydrogen-bond donors (Lipinski definition) is 2. The largest absolute Gasteiger partial charge is 0.370 e. The molecular formula is C9H22N4O2S. The molecule has 0 atom stereocenters. The Morgan fingerprint density at radius 2 is 1.94 bits per heavy atom. The first-order valence-electron chi connectivity index (χ1n) is 5.40. The van der Waals surface area contributed by atoms with Crippen LogP contribution in [0.25, 0.3) is 0 Å². The fourth-order valence-electron chi connectivity index (χ4n) is 1.18. The molecule has 0 aromatic heterocycles. The van der Waals surface area contributed by atoms with Crippen LogP contribution in [0.5, 0.6) is 0 Å². The zero-order chi connectivity index (χ0) is 12.6. The average Bonchev–Trinajstić information content (AvgIpc) is 2.17. The third-order valence-electron chi connectivity index (χ3n) is 2.06. The number of guanidine groups is 1. The second-order valence-corrected chi connectivity index (χ2v) is 5.27. The molecule has 0 aliphatic rings. The van der Waals surface area contributed by atoms with Crippen molar-refractivity contribution in [2.45, 2.75) is 20.3 Å². The van der Waals surface area contributed by atoms with E-state index in [9.17, 15) is 8.42 Å². The second-order valence-electron chi connectivity index (χ2n) is 3.43. The van der Waals surface area contributed by atoms with Crippen molar-refractivity contribution in [2.75, 3.05) is 32.4 Å². The maximum Gasteiger partial charge on any atom is 0.208 e. The maximum atomic E-state index is 10.7. The molecule has 0 fully saturated rings. The van der Waals surface area contributed by atoms with E-state index >= 15 is 0 Å². The summed E-state index contributed by atoms with van der Waals surface area (Å²) in [7, 11) is -3.09. The van der Waals surface area contributed by atoms with Crippen LogP contribution in [0.1, 0.15) is 20.3 Å². The van der Waals surface area contributed by atoms with Gasteiger partial charge < -0.3 is 10.6 Å². The molecule has 7 heteroatoms. The predicted octanol–water partition coefficient (Wildman–Crippen LogP) is -0.418. The zero-order valence-electron chi connectivity index (χ0n) is 10.2. The molecule has 0 heterocycles. The lowest BCUT2D eigenvalue weighted by Crippen LogP contribution is -2.37. The van der Waals surface area contributed by atoms with Gasteiger partial charge in [-0.05, 0) is 20.3 Å². The van der Waals surface area contributed by atoms with Crippen LogP contribution in [-0.2, 0) is 10.0 Å². The molecule has 0 unspecified atom stereocenters. The van der Waals surface area contributed by atoms with Crippen LogP contribution in [0.15, 0.2) is 4.99 Å². The van der Waals surface area contributed by atoms with E-state index in [-0.39, 0.29) is 0 Å². The number of hydrogen-bond acceptors (Lipinski definition) is 3. The standard InChI is InChI=1S/C9H22N4O2S/c1-4-13(5-2)9(10)11-7-6-8-12-16(3,14)15/h12H,4-8H2,1-3H3,(H2,10,11). The highest BCUT2D eigenvalue weighted by Gasteiger charge is 2.01. The molecule has 0 saturated carbocycles. The monoisotopic (exact) mass is 250 g/mol. The van der Waals surface area contributed by atoms with Crippen LogP contribution in [0, 0.1) is 0 Å². The van der Waals surface area contributed by atoms with Gasteiger partial charge in [0.15, 0.2) is 5.96 Å². The molecule has 0 rings (SSSR count). The minimum absolute atomic E-state index is 0.397. The summed E-state index contributed by atoms with van der Waals surface area (Å²) >= 11 is 0. The SMILES string of the molecule is CCN(CC)C(N)=NCCCNS(C)(=O)=O. The topological polar surface area (TPSA) is 87.8 Å². The first-order chi connectivity index (χ1) is 7.40. The number of sulfonamides is 1. The molecule has 0 radical (unpaired) electrons. The Kier molecular flexibility index (Phi) is 7.07. The predicted molar refractivity (Wildman–Crippen MR) is 66.9 cm³/mol. The summed E-state index contributed by atoms with van der Waals surface area (Å²) in [6.45, 7) is 6.60. The summed E-state index contributed by atoms with van der Waals surface area (Å²) in [5, 5.41) is 0. The van der Waals surface area contributed by atoms with Gasteiger partial charge in [-0.25, -0.2) is 13.1 Å². The number of aliphatic imine (C=N–C) groups is 1. The summed E-state index contributed by atoms with van der Waals surface area (Å²) < 4.78 is 23.9. The first-order valence-corrected chi connectivity index (χ1v) is 7.29. The molecule has 96 valence electrons. The van der Waals surface area contributed by atoms with Crippen LogP contribution < -0.4 is 10.5 Å². The van der Waals surface area contributed by atoms with Crippen molar-refractivity contribution in [1.82, 2.24) is 9.62 Å². The van der Waals surface area contributed by atoms with Crippen LogP contribution in [0.4, 0.5) is 0 Å². The van der Waals surface area contributed by atoms with E-state index in [4.69, 9.17) is 5.73 Å². The summed E-state index contributed by atoms with van der Waals surface area (Å²) in [5.41, 5.74) is 5.74. The Hall–Kier alpha value is -0.820. The van der Waals surface area contributed by atoms with Crippen LogP contribution in [-0.4, -0.2) is 51.7 Å². The highest BCUT2D eigenvalue weighted by Crippen LogP contribution is 1.88. The number of nitrogens with zero attached hydrogens (tertiary/aromatic N) is 2. The molecular weight excluding hydrogens is 228 g/mol. The van der Waals surface area contributed by atoms with E-state index in [1.165, 1.54) is 0 Å². The van der Waals surface area contributed by atoms with Crippen molar-refractivity contribution in [3.05, 3.63) is 0 Å². The Morgan fingerprint density at radius 1 is 1.38 bits per heavy atom. The smallest absolute Gasteiger partial charge is 0.208 e. The van der Waals surface area contributed by atoms with Crippen molar-refractivity contribution in [3.8, 4) is 0 Å². The molecule has 0 saturated heterocycles. The number of rotatable bonds is 7. The lowest BCUT2D eigenvalue weighted by Gasteiger charge is -2.19. The summed E-state index contributed by atoms with van der Waals surface area (Å²) in [4.78, 5) is 6.12. The Labute approximate surface area is 98.0 Å². The van der Waals surface area contributed by atoms with E-state index in [1.54, 1.807) is 0 Å². The third-order valence-corrected chi connectivity index (χ3v) is 2.79. The fraction of sp³-hybridized carbons (Fsp3) is 0.889. The molecule has 6 nitrogen and oxygen atoms in total. The maximum absolute atomic E-state index is 10.7. The van der Waals surface area contributed by atoms with Gasteiger partial charge in [0.05, 0.1) is 6.26 Å². The van der Waals surface area contributed by atoms with Crippen LogP contribution >= 0.6 is 0 Å². The van der Waals surface area contributed by atoms with Gasteiger partial charge in [-0.1, -0.05) is 0 Å². The summed E-state index contributed by atoms with van der Waals surface area (Å²) in [6, 6.07) is 0. The van der Waals surface area contributed by atoms with Crippen molar-refractivity contribution in [1.29, 1.82) is 0 Å². The van der Waals surface area contributed by atoms with Crippen molar-refractivity contribution in [3.63, 3.8) is 0 Å². The first kappa shape index (κ1) is 15.2. The van der Waals surface area contributed by atoms with Crippen molar-refractivity contribution >= 4 is 16.0 Å². The van der Waals surface area contributed by atoms with E-state index in [0.717, 1.165) is 19.3 Å². The normalized spacial score (nSPS) is 12.8. The summed E-state index contributed by atoms with van der Waals surface area (Å²) in [5.74, 6) is 0.518. The fourth-order valence-corrected chi connectivity index (χ4v) is 1.69. The molecule has 16 heavy (non-hydrogen) atoms. The molecule has 0 aliphatic heterocycles. The van der Waals surface area contributed by atoms with Crippen molar-refractivity contribution in [2.24, 2.45) is 10.7 Å². The highest BCUT2D eigenvalue weighted by molar-refractivity contribution is 7.88. The van der Waals surface area contributed by atoms with Gasteiger partial charge in [0, 0.05) is 26.2 Å². The second kappa shape index (κ2) is 7.45. The van der Waals surface area contributed by atoms with Gasteiger partial charge in [-0.15, -0.1) is 0 Å². The Morgan fingerprint density at radius 3 is 2.38 bits per heavy atom. The van der Waals surface area contributed by atoms with Crippen molar-refractivity contribution < 1.29 is 8.42 Å². The Balaban J connectivity index is 3.83. The van der Waals surface area contributed by atoms with Crippen LogP contribution in [0.3, 0.4) is 0 Å². The van der Waals surface area contributed by atoms with E-state index in [1.807, 2.05) is 18.7 Å². The van der Waals surface area contributed by atoms with Crippen LogP contribution in [0.2, 0.25) is 0 Å².